The smallest absolute Gasteiger partial charge is 0.122 e. The van der Waals surface area contributed by atoms with E-state index >= 15 is 0 Å². The van der Waals surface area contributed by atoms with Crippen molar-refractivity contribution >= 4 is 0 Å². The number of benzene rings is 1. The van der Waals surface area contributed by atoms with Gasteiger partial charge in [0, 0.05) is 6.04 Å². The fourth-order valence-electron chi connectivity index (χ4n) is 2.48. The molecule has 0 aliphatic carbocycles. The molecule has 0 saturated carbocycles. The average molecular weight is 292 g/mol. The lowest BCUT2D eigenvalue weighted by molar-refractivity contribution is 0.229. The van der Waals surface area contributed by atoms with Gasteiger partial charge in [-0.1, -0.05) is 32.0 Å². The molecule has 1 aromatic rings. The third-order valence-corrected chi connectivity index (χ3v) is 4.38. The molecule has 3 nitrogen and oxygen atoms in total. The van der Waals surface area contributed by atoms with E-state index in [-0.39, 0.29) is 5.41 Å². The molecule has 120 valence electrons. The molecular weight excluding hydrogens is 260 g/mol. The van der Waals surface area contributed by atoms with Gasteiger partial charge >= 0.3 is 0 Å². The van der Waals surface area contributed by atoms with Crippen LogP contribution in [0.3, 0.4) is 0 Å². The lowest BCUT2D eigenvalue weighted by atomic mass is 9.88. The van der Waals surface area contributed by atoms with Crippen LogP contribution in [0.15, 0.2) is 24.3 Å². The van der Waals surface area contributed by atoms with E-state index in [2.05, 4.69) is 44.9 Å². The van der Waals surface area contributed by atoms with E-state index in [0.29, 0.717) is 6.04 Å². The van der Waals surface area contributed by atoms with Crippen LogP contribution in [0.1, 0.15) is 39.2 Å². The Morgan fingerprint density at radius 2 is 1.95 bits per heavy atom. The maximum atomic E-state index is 5.79. The van der Waals surface area contributed by atoms with Gasteiger partial charge in [-0.2, -0.15) is 0 Å². The van der Waals surface area contributed by atoms with Crippen molar-refractivity contribution < 1.29 is 4.74 Å². The zero-order chi connectivity index (χ0) is 15.9. The molecule has 21 heavy (non-hydrogen) atoms. The van der Waals surface area contributed by atoms with Crippen LogP contribution in [0.2, 0.25) is 0 Å². The second kappa shape index (κ2) is 8.40. The molecular formula is C18H32N2O. The topological polar surface area (TPSA) is 38.5 Å². The van der Waals surface area contributed by atoms with Crippen molar-refractivity contribution in [2.24, 2.45) is 11.1 Å². The summed E-state index contributed by atoms with van der Waals surface area (Å²) >= 11 is 0. The number of para-hydroxylation sites is 1. The lowest BCUT2D eigenvalue weighted by Gasteiger charge is -2.28. The van der Waals surface area contributed by atoms with Gasteiger partial charge in [0.1, 0.15) is 5.75 Å². The van der Waals surface area contributed by atoms with Crippen LogP contribution in [-0.4, -0.2) is 38.2 Å². The molecule has 0 aliphatic rings. The highest BCUT2D eigenvalue weighted by Gasteiger charge is 2.17. The zero-order valence-corrected chi connectivity index (χ0v) is 14.4. The standard InChI is InChI=1S/C18H32N2O/c1-15(13-16-9-6-7-10-17(16)21-5)20(4)12-8-11-18(2,3)14-19/h6-7,9-10,15H,8,11-14,19H2,1-5H3. The van der Waals surface area contributed by atoms with Gasteiger partial charge < -0.3 is 15.4 Å². The zero-order valence-electron chi connectivity index (χ0n) is 14.4. The second-order valence-electron chi connectivity index (χ2n) is 6.82. The Hall–Kier alpha value is -1.06. The van der Waals surface area contributed by atoms with Crippen LogP contribution in [0.4, 0.5) is 0 Å². The fourth-order valence-corrected chi connectivity index (χ4v) is 2.48. The van der Waals surface area contributed by atoms with Crippen molar-refractivity contribution in [2.75, 3.05) is 27.2 Å². The van der Waals surface area contributed by atoms with Gasteiger partial charge in [-0.05, 0) is 63.4 Å². The summed E-state index contributed by atoms with van der Waals surface area (Å²) in [6.45, 7) is 8.63. The number of rotatable bonds is 9. The van der Waals surface area contributed by atoms with E-state index < -0.39 is 0 Å². The molecule has 1 rings (SSSR count). The van der Waals surface area contributed by atoms with Crippen molar-refractivity contribution in [3.05, 3.63) is 29.8 Å². The highest BCUT2D eigenvalue weighted by atomic mass is 16.5. The molecule has 0 spiro atoms. The Morgan fingerprint density at radius 3 is 2.57 bits per heavy atom. The van der Waals surface area contributed by atoms with Gasteiger partial charge in [0.05, 0.1) is 7.11 Å². The summed E-state index contributed by atoms with van der Waals surface area (Å²) in [4.78, 5) is 2.43. The van der Waals surface area contributed by atoms with E-state index in [1.165, 1.54) is 18.4 Å². The molecule has 0 fully saturated rings. The molecule has 1 unspecified atom stereocenters. The minimum Gasteiger partial charge on any atom is -0.496 e. The van der Waals surface area contributed by atoms with E-state index in [1.807, 2.05) is 12.1 Å². The summed E-state index contributed by atoms with van der Waals surface area (Å²) in [5, 5.41) is 0. The van der Waals surface area contributed by atoms with E-state index in [4.69, 9.17) is 10.5 Å². The van der Waals surface area contributed by atoms with Crippen LogP contribution < -0.4 is 10.5 Å². The Bertz CT molecular complexity index is 417. The van der Waals surface area contributed by atoms with Crippen LogP contribution >= 0.6 is 0 Å². The van der Waals surface area contributed by atoms with Crippen LogP contribution in [0.5, 0.6) is 5.75 Å². The van der Waals surface area contributed by atoms with Crippen LogP contribution in [-0.2, 0) is 6.42 Å². The number of nitrogens with zero attached hydrogens (tertiary/aromatic N) is 1. The number of hydrogen-bond acceptors (Lipinski definition) is 3. The first-order valence-electron chi connectivity index (χ1n) is 7.92. The first-order valence-corrected chi connectivity index (χ1v) is 7.92. The highest BCUT2D eigenvalue weighted by Crippen LogP contribution is 2.22. The minimum atomic E-state index is 0.257. The lowest BCUT2D eigenvalue weighted by Crippen LogP contribution is -2.33. The summed E-state index contributed by atoms with van der Waals surface area (Å²) in [6, 6.07) is 8.79. The SMILES string of the molecule is COc1ccccc1CC(C)N(C)CCCC(C)(C)CN. The molecule has 0 saturated heterocycles. The molecule has 0 heterocycles. The van der Waals surface area contributed by atoms with E-state index in [0.717, 1.165) is 25.3 Å². The molecule has 1 aromatic carbocycles. The molecule has 0 aliphatic heterocycles. The van der Waals surface area contributed by atoms with Crippen molar-refractivity contribution in [1.82, 2.24) is 4.90 Å². The monoisotopic (exact) mass is 292 g/mol. The molecule has 2 N–H and O–H groups in total. The minimum absolute atomic E-state index is 0.257. The van der Waals surface area contributed by atoms with Crippen molar-refractivity contribution in [3.63, 3.8) is 0 Å². The van der Waals surface area contributed by atoms with Crippen molar-refractivity contribution in [2.45, 2.75) is 46.1 Å². The van der Waals surface area contributed by atoms with Crippen LogP contribution in [0, 0.1) is 5.41 Å². The summed E-state index contributed by atoms with van der Waals surface area (Å²) in [7, 11) is 3.94. The quantitative estimate of drug-likeness (QED) is 0.759. The van der Waals surface area contributed by atoms with Gasteiger partial charge in [0.15, 0.2) is 0 Å². The number of ether oxygens (including phenoxy) is 1. The Kier molecular flexibility index (Phi) is 7.20. The van der Waals surface area contributed by atoms with Gasteiger partial charge in [-0.15, -0.1) is 0 Å². The normalized spacial score (nSPS) is 13.5. The van der Waals surface area contributed by atoms with Crippen LogP contribution in [0.25, 0.3) is 0 Å². The predicted octanol–water partition coefficient (Wildman–Crippen LogP) is 3.32. The third-order valence-electron chi connectivity index (χ3n) is 4.38. The van der Waals surface area contributed by atoms with Crippen molar-refractivity contribution in [1.29, 1.82) is 0 Å². The Morgan fingerprint density at radius 1 is 1.29 bits per heavy atom. The van der Waals surface area contributed by atoms with E-state index in [9.17, 15) is 0 Å². The van der Waals surface area contributed by atoms with Crippen molar-refractivity contribution in [3.8, 4) is 5.75 Å². The summed E-state index contributed by atoms with van der Waals surface area (Å²) in [6.07, 6.45) is 3.38. The van der Waals surface area contributed by atoms with Gasteiger partial charge in [0.25, 0.3) is 0 Å². The van der Waals surface area contributed by atoms with Gasteiger partial charge in [-0.3, -0.25) is 0 Å². The highest BCUT2D eigenvalue weighted by molar-refractivity contribution is 5.33. The molecule has 1 atom stereocenters. The Balaban J connectivity index is 2.46. The maximum absolute atomic E-state index is 5.79. The number of nitrogens with two attached hydrogens (primary N) is 1. The van der Waals surface area contributed by atoms with Gasteiger partial charge in [0.2, 0.25) is 0 Å². The number of hydrogen-bond donors (Lipinski definition) is 1. The third kappa shape index (κ3) is 6.06. The first kappa shape index (κ1) is 18.0. The van der Waals surface area contributed by atoms with Gasteiger partial charge in [-0.25, -0.2) is 0 Å². The first-order chi connectivity index (χ1) is 9.89. The molecule has 0 radical (unpaired) electrons. The largest absolute Gasteiger partial charge is 0.496 e. The number of methoxy groups -OCH3 is 1. The molecule has 0 bridgehead atoms. The summed E-state index contributed by atoms with van der Waals surface area (Å²) in [5.41, 5.74) is 7.33. The summed E-state index contributed by atoms with van der Waals surface area (Å²) in [5.74, 6) is 0.988. The Labute approximate surface area is 130 Å². The number of likely N-dealkylation sites (N-methyl/N-ethyl adjacent to an activating group) is 1. The van der Waals surface area contributed by atoms with E-state index in [1.54, 1.807) is 7.11 Å². The maximum Gasteiger partial charge on any atom is 0.122 e. The predicted molar refractivity (Wildman–Crippen MR) is 90.9 cm³/mol. The summed E-state index contributed by atoms with van der Waals surface area (Å²) < 4.78 is 5.43. The molecule has 3 heteroatoms. The fraction of sp³-hybridized carbons (Fsp3) is 0.667. The molecule has 0 aromatic heterocycles. The molecule has 0 amide bonds. The second-order valence-corrected chi connectivity index (χ2v) is 6.82. The average Bonchev–Trinajstić information content (AvgIpc) is 2.47.